The van der Waals surface area contributed by atoms with Crippen LogP contribution in [-0.2, 0) is 11.3 Å². The van der Waals surface area contributed by atoms with E-state index in [0.29, 0.717) is 11.8 Å². The van der Waals surface area contributed by atoms with E-state index < -0.39 is 0 Å². The molecule has 0 bridgehead atoms. The van der Waals surface area contributed by atoms with E-state index in [1.54, 1.807) is 6.20 Å². The SMILES string of the molecule is CC1(C)CC(C(CCNCc2cccnc2)c2ccc(C#N)cc2)CCO1. The predicted octanol–water partition coefficient (Wildman–Crippen LogP) is 4.42. The molecule has 4 heteroatoms. The van der Waals surface area contributed by atoms with Gasteiger partial charge in [-0.25, -0.2) is 0 Å². The molecule has 2 atom stereocenters. The highest BCUT2D eigenvalue weighted by Gasteiger charge is 2.33. The van der Waals surface area contributed by atoms with Crippen molar-refractivity contribution in [3.63, 3.8) is 0 Å². The van der Waals surface area contributed by atoms with Gasteiger partial charge in [0.1, 0.15) is 0 Å². The number of hydrogen-bond donors (Lipinski definition) is 1. The molecule has 1 aromatic carbocycles. The lowest BCUT2D eigenvalue weighted by Gasteiger charge is -2.39. The average molecular weight is 364 g/mol. The molecule has 1 aromatic heterocycles. The van der Waals surface area contributed by atoms with Gasteiger partial charge < -0.3 is 10.1 Å². The fraction of sp³-hybridized carbons (Fsp3) is 0.478. The number of nitriles is 1. The summed E-state index contributed by atoms with van der Waals surface area (Å²) >= 11 is 0. The van der Waals surface area contributed by atoms with Gasteiger partial charge in [-0.2, -0.15) is 5.26 Å². The molecule has 2 unspecified atom stereocenters. The van der Waals surface area contributed by atoms with Crippen LogP contribution in [-0.4, -0.2) is 23.7 Å². The number of aromatic nitrogens is 1. The Morgan fingerprint density at radius 3 is 2.78 bits per heavy atom. The number of pyridine rings is 1. The Morgan fingerprint density at radius 2 is 2.11 bits per heavy atom. The van der Waals surface area contributed by atoms with Crippen molar-refractivity contribution in [1.82, 2.24) is 10.3 Å². The van der Waals surface area contributed by atoms with Crippen LogP contribution in [0.3, 0.4) is 0 Å². The topological polar surface area (TPSA) is 57.9 Å². The summed E-state index contributed by atoms with van der Waals surface area (Å²) in [5.41, 5.74) is 3.20. The molecule has 2 heterocycles. The zero-order chi connectivity index (χ0) is 19.1. The second-order valence-electron chi connectivity index (χ2n) is 8.03. The Labute approximate surface area is 162 Å². The highest BCUT2D eigenvalue weighted by Crippen LogP contribution is 2.39. The largest absolute Gasteiger partial charge is 0.376 e. The monoisotopic (exact) mass is 363 g/mol. The van der Waals surface area contributed by atoms with Crippen LogP contribution in [0.4, 0.5) is 0 Å². The van der Waals surface area contributed by atoms with Crippen molar-refractivity contribution >= 4 is 0 Å². The van der Waals surface area contributed by atoms with Gasteiger partial charge in [-0.3, -0.25) is 4.98 Å². The van der Waals surface area contributed by atoms with Crippen LogP contribution in [0.5, 0.6) is 0 Å². The molecule has 1 aliphatic rings. The van der Waals surface area contributed by atoms with E-state index in [2.05, 4.69) is 48.4 Å². The Balaban J connectivity index is 1.66. The second-order valence-corrected chi connectivity index (χ2v) is 8.03. The van der Waals surface area contributed by atoms with Gasteiger partial charge in [0.25, 0.3) is 0 Å². The molecule has 0 radical (unpaired) electrons. The fourth-order valence-corrected chi connectivity index (χ4v) is 4.09. The molecule has 27 heavy (non-hydrogen) atoms. The summed E-state index contributed by atoms with van der Waals surface area (Å²) in [4.78, 5) is 4.17. The summed E-state index contributed by atoms with van der Waals surface area (Å²) in [5.74, 6) is 1.07. The third-order valence-electron chi connectivity index (χ3n) is 5.46. The van der Waals surface area contributed by atoms with Gasteiger partial charge >= 0.3 is 0 Å². The first kappa shape index (κ1) is 19.5. The number of nitrogens with zero attached hydrogens (tertiary/aromatic N) is 2. The zero-order valence-electron chi connectivity index (χ0n) is 16.3. The number of nitrogens with one attached hydrogen (secondary N) is 1. The average Bonchev–Trinajstić information content (AvgIpc) is 2.68. The lowest BCUT2D eigenvalue weighted by Crippen LogP contribution is -2.36. The smallest absolute Gasteiger partial charge is 0.0991 e. The number of benzene rings is 1. The summed E-state index contributed by atoms with van der Waals surface area (Å²) < 4.78 is 5.94. The summed E-state index contributed by atoms with van der Waals surface area (Å²) in [7, 11) is 0. The molecule has 0 saturated carbocycles. The van der Waals surface area contributed by atoms with E-state index in [0.717, 1.165) is 44.5 Å². The minimum absolute atomic E-state index is 0.0586. The Hall–Kier alpha value is -2.22. The summed E-state index contributed by atoms with van der Waals surface area (Å²) in [6.07, 6.45) is 6.95. The highest BCUT2D eigenvalue weighted by molar-refractivity contribution is 5.33. The van der Waals surface area contributed by atoms with E-state index in [4.69, 9.17) is 10.00 Å². The molecule has 1 aliphatic heterocycles. The van der Waals surface area contributed by atoms with Crippen molar-refractivity contribution in [3.05, 3.63) is 65.5 Å². The molecule has 1 fully saturated rings. The number of rotatable bonds is 7. The lowest BCUT2D eigenvalue weighted by atomic mass is 9.75. The zero-order valence-corrected chi connectivity index (χ0v) is 16.3. The third kappa shape index (κ3) is 5.63. The van der Waals surface area contributed by atoms with Gasteiger partial charge in [0.15, 0.2) is 0 Å². The number of ether oxygens (including phenoxy) is 1. The van der Waals surface area contributed by atoms with Crippen LogP contribution >= 0.6 is 0 Å². The van der Waals surface area contributed by atoms with E-state index in [1.165, 1.54) is 11.1 Å². The molecular weight excluding hydrogens is 334 g/mol. The van der Waals surface area contributed by atoms with Crippen LogP contribution < -0.4 is 5.32 Å². The normalized spacial score (nSPS) is 20.0. The Morgan fingerprint density at radius 1 is 1.30 bits per heavy atom. The van der Waals surface area contributed by atoms with Crippen molar-refractivity contribution in [1.29, 1.82) is 5.26 Å². The molecule has 0 spiro atoms. The highest BCUT2D eigenvalue weighted by atomic mass is 16.5. The van der Waals surface area contributed by atoms with E-state index in [1.807, 2.05) is 24.4 Å². The first-order valence-corrected chi connectivity index (χ1v) is 9.81. The Bertz CT molecular complexity index is 749. The van der Waals surface area contributed by atoms with Crippen molar-refractivity contribution in [3.8, 4) is 6.07 Å². The quantitative estimate of drug-likeness (QED) is 0.740. The number of hydrogen-bond acceptors (Lipinski definition) is 4. The molecular formula is C23H29N3O. The van der Waals surface area contributed by atoms with Crippen molar-refractivity contribution in [2.75, 3.05) is 13.2 Å². The maximum Gasteiger partial charge on any atom is 0.0991 e. The van der Waals surface area contributed by atoms with E-state index >= 15 is 0 Å². The van der Waals surface area contributed by atoms with Gasteiger partial charge in [0.2, 0.25) is 0 Å². The van der Waals surface area contributed by atoms with Gasteiger partial charge in [0, 0.05) is 25.5 Å². The minimum Gasteiger partial charge on any atom is -0.376 e. The molecule has 0 amide bonds. The van der Waals surface area contributed by atoms with Crippen LogP contribution in [0.15, 0.2) is 48.8 Å². The van der Waals surface area contributed by atoms with Crippen molar-refractivity contribution in [2.24, 2.45) is 5.92 Å². The van der Waals surface area contributed by atoms with Crippen LogP contribution in [0, 0.1) is 17.2 Å². The van der Waals surface area contributed by atoms with Crippen molar-refractivity contribution < 1.29 is 4.74 Å². The van der Waals surface area contributed by atoms with Crippen LogP contribution in [0.1, 0.15) is 55.7 Å². The molecule has 142 valence electrons. The molecule has 3 rings (SSSR count). The first-order valence-electron chi connectivity index (χ1n) is 9.81. The Kier molecular flexibility index (Phi) is 6.60. The van der Waals surface area contributed by atoms with Crippen molar-refractivity contribution in [2.45, 2.75) is 51.2 Å². The molecule has 0 aliphatic carbocycles. The molecule has 2 aromatic rings. The predicted molar refractivity (Wildman–Crippen MR) is 107 cm³/mol. The van der Waals surface area contributed by atoms with E-state index in [9.17, 15) is 0 Å². The maximum atomic E-state index is 9.08. The fourth-order valence-electron chi connectivity index (χ4n) is 4.09. The van der Waals surface area contributed by atoms with Crippen LogP contribution in [0.2, 0.25) is 0 Å². The van der Waals surface area contributed by atoms with Gasteiger partial charge in [-0.1, -0.05) is 18.2 Å². The van der Waals surface area contributed by atoms with Gasteiger partial charge in [-0.15, -0.1) is 0 Å². The van der Waals surface area contributed by atoms with Gasteiger partial charge in [-0.05, 0) is 80.8 Å². The van der Waals surface area contributed by atoms with Gasteiger partial charge in [0.05, 0.1) is 17.2 Å². The molecule has 1 saturated heterocycles. The van der Waals surface area contributed by atoms with E-state index in [-0.39, 0.29) is 5.60 Å². The summed E-state index contributed by atoms with van der Waals surface area (Å²) in [6, 6.07) is 14.4. The standard InChI is InChI=1S/C23H29N3O/c1-23(2)14-21(10-13-27-23)22(20-7-5-18(15-24)6-8-20)9-12-26-17-19-4-3-11-25-16-19/h3-8,11,16,21-22,26H,9-10,12-14,17H2,1-2H3. The third-order valence-corrected chi connectivity index (χ3v) is 5.46. The summed E-state index contributed by atoms with van der Waals surface area (Å²) in [5, 5.41) is 12.6. The first-order chi connectivity index (χ1) is 13.1. The second kappa shape index (κ2) is 9.12. The minimum atomic E-state index is -0.0586. The molecule has 4 nitrogen and oxygen atoms in total. The maximum absolute atomic E-state index is 9.08. The lowest BCUT2D eigenvalue weighted by molar-refractivity contribution is -0.0771. The van der Waals surface area contributed by atoms with Crippen LogP contribution in [0.25, 0.3) is 0 Å². The summed E-state index contributed by atoms with van der Waals surface area (Å²) in [6.45, 7) is 7.00. The molecule has 1 N–H and O–H groups in total.